The van der Waals surface area contributed by atoms with Gasteiger partial charge < -0.3 is 5.32 Å². The Morgan fingerprint density at radius 3 is 2.48 bits per heavy atom. The molecule has 3 rings (SSSR count). The number of pyridine rings is 1. The molecule has 2 aromatic heterocycles. The highest BCUT2D eigenvalue weighted by Crippen LogP contribution is 2.18. The van der Waals surface area contributed by atoms with E-state index < -0.39 is 15.9 Å². The van der Waals surface area contributed by atoms with Gasteiger partial charge in [0.1, 0.15) is 11.6 Å². The minimum absolute atomic E-state index is 0.0953. The Kier molecular flexibility index (Phi) is 6.09. The first-order chi connectivity index (χ1) is 13.9. The number of hydrogen-bond donors (Lipinski definition) is 1. The fourth-order valence-corrected chi connectivity index (χ4v) is 4.44. The average Bonchev–Trinajstić information content (AvgIpc) is 3.15. The molecule has 152 valence electrons. The van der Waals surface area contributed by atoms with Gasteiger partial charge in [-0.15, -0.1) is 0 Å². The lowest BCUT2D eigenvalue weighted by atomic mass is 10.2. The molecular formula is C20H23N5O3S. The number of aromatic nitrogens is 3. The smallest absolute Gasteiger partial charge is 0.255 e. The topological polar surface area (TPSA) is 97.2 Å². The van der Waals surface area contributed by atoms with Crippen molar-refractivity contribution in [1.29, 1.82) is 0 Å². The summed E-state index contributed by atoms with van der Waals surface area (Å²) in [5.74, 6) is 1.08. The molecule has 0 radical (unpaired) electrons. The molecule has 0 aliphatic carbocycles. The number of amides is 1. The summed E-state index contributed by atoms with van der Waals surface area (Å²) in [6, 6.07) is 9.53. The average molecular weight is 414 g/mol. The Bertz CT molecular complexity index is 1100. The molecule has 0 spiro atoms. The summed E-state index contributed by atoms with van der Waals surface area (Å²) >= 11 is 0. The van der Waals surface area contributed by atoms with E-state index in [2.05, 4.69) is 15.3 Å². The predicted octanol–water partition coefficient (Wildman–Crippen LogP) is 2.86. The molecule has 0 saturated heterocycles. The van der Waals surface area contributed by atoms with Crippen LogP contribution in [0.5, 0.6) is 0 Å². The van der Waals surface area contributed by atoms with Crippen LogP contribution in [0.25, 0.3) is 5.82 Å². The monoisotopic (exact) mass is 413 g/mol. The van der Waals surface area contributed by atoms with E-state index in [9.17, 15) is 13.2 Å². The lowest BCUT2D eigenvalue weighted by Crippen LogP contribution is -2.30. The number of benzene rings is 1. The highest BCUT2D eigenvalue weighted by Gasteiger charge is 2.22. The van der Waals surface area contributed by atoms with Crippen LogP contribution in [-0.2, 0) is 10.0 Å². The number of nitrogens with one attached hydrogen (secondary N) is 1. The zero-order valence-corrected chi connectivity index (χ0v) is 17.3. The third-order valence-electron chi connectivity index (χ3n) is 4.52. The number of imidazole rings is 1. The van der Waals surface area contributed by atoms with E-state index in [0.29, 0.717) is 24.6 Å². The van der Waals surface area contributed by atoms with Crippen molar-refractivity contribution in [2.45, 2.75) is 25.7 Å². The number of nitrogens with zero attached hydrogens (tertiary/aromatic N) is 4. The van der Waals surface area contributed by atoms with E-state index in [1.54, 1.807) is 56.7 Å². The summed E-state index contributed by atoms with van der Waals surface area (Å²) in [4.78, 5) is 21.2. The molecule has 0 aliphatic rings. The van der Waals surface area contributed by atoms with Crippen molar-refractivity contribution in [3.63, 3.8) is 0 Å². The number of carbonyl (C=O) groups excluding carboxylic acids is 1. The van der Waals surface area contributed by atoms with Crippen LogP contribution in [0.4, 0.5) is 5.69 Å². The molecule has 2 heterocycles. The van der Waals surface area contributed by atoms with Crippen molar-refractivity contribution in [3.05, 3.63) is 66.4 Å². The molecule has 1 N–H and O–H groups in total. The van der Waals surface area contributed by atoms with E-state index in [-0.39, 0.29) is 10.5 Å². The fourth-order valence-electron chi connectivity index (χ4n) is 2.94. The summed E-state index contributed by atoms with van der Waals surface area (Å²) in [6.07, 6.45) is 5.03. The van der Waals surface area contributed by atoms with Gasteiger partial charge in [0.05, 0.1) is 16.8 Å². The van der Waals surface area contributed by atoms with E-state index in [1.165, 1.54) is 16.4 Å². The van der Waals surface area contributed by atoms with Gasteiger partial charge in [-0.25, -0.2) is 18.4 Å². The fraction of sp³-hybridized carbons (Fsp3) is 0.250. The van der Waals surface area contributed by atoms with Crippen molar-refractivity contribution >= 4 is 21.6 Å². The van der Waals surface area contributed by atoms with Crippen molar-refractivity contribution in [2.75, 3.05) is 18.4 Å². The van der Waals surface area contributed by atoms with E-state index >= 15 is 0 Å². The van der Waals surface area contributed by atoms with Gasteiger partial charge in [-0.3, -0.25) is 9.36 Å². The SMILES string of the molecule is CCN(CC)S(=O)(=O)c1cccc(C(=O)Nc2ccc(-n3ccnc3C)nc2)c1. The van der Waals surface area contributed by atoms with Crippen molar-refractivity contribution < 1.29 is 13.2 Å². The maximum atomic E-state index is 12.7. The van der Waals surface area contributed by atoms with Crippen LogP contribution in [0.15, 0.2) is 59.9 Å². The number of hydrogen-bond acceptors (Lipinski definition) is 5. The van der Waals surface area contributed by atoms with Gasteiger partial charge in [0.2, 0.25) is 10.0 Å². The van der Waals surface area contributed by atoms with Crippen LogP contribution in [0.1, 0.15) is 30.0 Å². The second-order valence-corrected chi connectivity index (χ2v) is 8.26. The zero-order valence-electron chi connectivity index (χ0n) is 16.5. The van der Waals surface area contributed by atoms with Gasteiger partial charge in [0.15, 0.2) is 0 Å². The predicted molar refractivity (Wildman–Crippen MR) is 111 cm³/mol. The summed E-state index contributed by atoms with van der Waals surface area (Å²) in [7, 11) is -3.63. The lowest BCUT2D eigenvalue weighted by molar-refractivity contribution is 0.102. The highest BCUT2D eigenvalue weighted by molar-refractivity contribution is 7.89. The number of rotatable bonds is 7. The third kappa shape index (κ3) is 4.36. The van der Waals surface area contributed by atoms with Gasteiger partial charge >= 0.3 is 0 Å². The van der Waals surface area contributed by atoms with Crippen LogP contribution in [0.3, 0.4) is 0 Å². The summed E-state index contributed by atoms with van der Waals surface area (Å²) in [6.45, 7) is 6.16. The van der Waals surface area contributed by atoms with Gasteiger partial charge in [0, 0.05) is 31.0 Å². The van der Waals surface area contributed by atoms with Crippen LogP contribution in [0, 0.1) is 6.92 Å². The van der Waals surface area contributed by atoms with Crippen molar-refractivity contribution in [1.82, 2.24) is 18.8 Å². The summed E-state index contributed by atoms with van der Waals surface area (Å²) in [5.41, 5.74) is 0.765. The number of anilines is 1. The molecule has 9 heteroatoms. The Hall–Kier alpha value is -3.04. The van der Waals surface area contributed by atoms with Gasteiger partial charge in [-0.05, 0) is 37.3 Å². The normalized spacial score (nSPS) is 11.6. The van der Waals surface area contributed by atoms with E-state index in [4.69, 9.17) is 0 Å². The highest BCUT2D eigenvalue weighted by atomic mass is 32.2. The summed E-state index contributed by atoms with van der Waals surface area (Å²) in [5, 5.41) is 2.75. The molecule has 0 unspecified atom stereocenters. The van der Waals surface area contributed by atoms with Gasteiger partial charge in [-0.2, -0.15) is 4.31 Å². The quantitative estimate of drug-likeness (QED) is 0.642. The molecule has 1 aromatic carbocycles. The molecule has 3 aromatic rings. The van der Waals surface area contributed by atoms with Crippen LogP contribution in [0.2, 0.25) is 0 Å². The van der Waals surface area contributed by atoms with Crippen LogP contribution < -0.4 is 5.32 Å². The maximum Gasteiger partial charge on any atom is 0.255 e. The third-order valence-corrected chi connectivity index (χ3v) is 6.56. The summed E-state index contributed by atoms with van der Waals surface area (Å²) < 4.78 is 28.5. The molecule has 0 fully saturated rings. The number of carbonyl (C=O) groups is 1. The Balaban J connectivity index is 1.79. The van der Waals surface area contributed by atoms with E-state index in [0.717, 1.165) is 5.82 Å². The van der Waals surface area contributed by atoms with Gasteiger partial charge in [-0.1, -0.05) is 19.9 Å². The van der Waals surface area contributed by atoms with Crippen molar-refractivity contribution in [3.8, 4) is 5.82 Å². The standard InChI is InChI=1S/C20H23N5O3S/c1-4-24(5-2)29(27,28)18-8-6-7-16(13-18)20(26)23-17-9-10-19(22-14-17)25-12-11-21-15(25)3/h6-14H,4-5H2,1-3H3,(H,23,26). The van der Waals surface area contributed by atoms with E-state index in [1.807, 2.05) is 11.5 Å². The number of aryl methyl sites for hydroxylation is 1. The van der Waals surface area contributed by atoms with Crippen molar-refractivity contribution in [2.24, 2.45) is 0 Å². The Labute approximate surface area is 170 Å². The molecule has 0 bridgehead atoms. The van der Waals surface area contributed by atoms with Crippen LogP contribution >= 0.6 is 0 Å². The molecule has 8 nitrogen and oxygen atoms in total. The maximum absolute atomic E-state index is 12.7. The molecule has 0 saturated carbocycles. The Morgan fingerprint density at radius 1 is 1.14 bits per heavy atom. The minimum atomic E-state index is -3.63. The molecule has 29 heavy (non-hydrogen) atoms. The second kappa shape index (κ2) is 8.54. The molecule has 0 atom stereocenters. The molecule has 1 amide bonds. The first-order valence-electron chi connectivity index (χ1n) is 9.24. The molecular weight excluding hydrogens is 390 g/mol. The van der Waals surface area contributed by atoms with Gasteiger partial charge in [0.25, 0.3) is 5.91 Å². The second-order valence-electron chi connectivity index (χ2n) is 6.32. The first-order valence-corrected chi connectivity index (χ1v) is 10.7. The largest absolute Gasteiger partial charge is 0.321 e. The minimum Gasteiger partial charge on any atom is -0.321 e. The first kappa shape index (κ1) is 20.7. The van der Waals surface area contributed by atoms with Crippen LogP contribution in [-0.4, -0.2) is 46.3 Å². The zero-order chi connectivity index (χ0) is 21.0. The number of sulfonamides is 1. The molecule has 0 aliphatic heterocycles. The lowest BCUT2D eigenvalue weighted by Gasteiger charge is -2.18. The Morgan fingerprint density at radius 2 is 1.90 bits per heavy atom.